The van der Waals surface area contributed by atoms with Gasteiger partial charge < -0.3 is 14.4 Å². The van der Waals surface area contributed by atoms with Gasteiger partial charge in [0.2, 0.25) is 0 Å². The largest absolute Gasteiger partial charge is 0.489 e. The van der Waals surface area contributed by atoms with E-state index in [1.165, 1.54) is 10.6 Å². The quantitative estimate of drug-likeness (QED) is 0.625. The summed E-state index contributed by atoms with van der Waals surface area (Å²) < 4.78 is 15.2. The monoisotopic (exact) mass is 378 g/mol. The number of hydrogen-bond acceptors (Lipinski definition) is 5. The first-order valence-electron chi connectivity index (χ1n) is 8.97. The molecule has 0 fully saturated rings. The molecule has 1 aliphatic heterocycles. The Labute approximate surface area is 164 Å². The van der Waals surface area contributed by atoms with Crippen LogP contribution in [0, 0.1) is 0 Å². The molecule has 4 nitrogen and oxygen atoms in total. The van der Waals surface area contributed by atoms with Gasteiger partial charge in [0.05, 0.1) is 5.69 Å². The number of nitrogens with zero attached hydrogens (tertiary/aromatic N) is 1. The molecule has 0 saturated heterocycles. The van der Waals surface area contributed by atoms with Crippen LogP contribution in [-0.4, -0.2) is 20.1 Å². The fourth-order valence-corrected chi connectivity index (χ4v) is 3.75. The Morgan fingerprint density at radius 3 is 2.48 bits per heavy atom. The molecule has 0 bridgehead atoms. The van der Waals surface area contributed by atoms with E-state index in [0.29, 0.717) is 6.61 Å². The highest BCUT2D eigenvalue weighted by Crippen LogP contribution is 2.35. The summed E-state index contributed by atoms with van der Waals surface area (Å²) in [5.41, 5.74) is 2.38. The molecule has 27 heavy (non-hydrogen) atoms. The minimum absolute atomic E-state index is 0.559. The van der Waals surface area contributed by atoms with Gasteiger partial charge >= 0.3 is 0 Å². The average Bonchev–Trinajstić information content (AvgIpc) is 2.89. The molecule has 4 rings (SSSR count). The highest BCUT2D eigenvalue weighted by molar-refractivity contribution is 7.97. The number of fused-ring (bicyclic) bond motifs is 1. The first-order valence-corrected chi connectivity index (χ1v) is 9.79. The van der Waals surface area contributed by atoms with Gasteiger partial charge in [0.1, 0.15) is 23.9 Å². The molecule has 0 amide bonds. The minimum Gasteiger partial charge on any atom is -0.489 e. The fourth-order valence-electron chi connectivity index (χ4n) is 2.90. The van der Waals surface area contributed by atoms with Crippen LogP contribution in [0.5, 0.6) is 17.2 Å². The van der Waals surface area contributed by atoms with Crippen molar-refractivity contribution in [2.24, 2.45) is 0 Å². The first-order chi connectivity index (χ1) is 13.3. The molecule has 1 N–H and O–H groups in total. The summed E-state index contributed by atoms with van der Waals surface area (Å²) in [6.45, 7) is 2.50. The lowest BCUT2D eigenvalue weighted by Gasteiger charge is -2.18. The lowest BCUT2D eigenvalue weighted by molar-refractivity contribution is 0.306. The van der Waals surface area contributed by atoms with Crippen LogP contribution in [0.25, 0.3) is 0 Å². The zero-order chi connectivity index (χ0) is 18.5. The Balaban J connectivity index is 1.40. The molecule has 0 unspecified atom stereocenters. The molecule has 3 aromatic rings. The van der Waals surface area contributed by atoms with Crippen LogP contribution in [-0.2, 0) is 6.61 Å². The molecule has 138 valence electrons. The van der Waals surface area contributed by atoms with Crippen LogP contribution >= 0.6 is 11.9 Å². The van der Waals surface area contributed by atoms with Crippen molar-refractivity contribution in [3.8, 4) is 17.2 Å². The summed E-state index contributed by atoms with van der Waals surface area (Å²) in [6.07, 6.45) is 0. The molecule has 0 saturated carbocycles. The zero-order valence-electron chi connectivity index (χ0n) is 15.2. The average molecular weight is 378 g/mol. The number of nitrogens with one attached hydrogen (secondary N) is 1. The highest BCUT2D eigenvalue weighted by Gasteiger charge is 2.13. The van der Waals surface area contributed by atoms with Gasteiger partial charge in [0.25, 0.3) is 0 Å². The summed E-state index contributed by atoms with van der Waals surface area (Å²) in [5.74, 6) is 2.45. The van der Waals surface area contributed by atoms with E-state index >= 15 is 0 Å². The Hall–Kier alpha value is -2.63. The van der Waals surface area contributed by atoms with E-state index in [0.717, 1.165) is 35.9 Å². The summed E-state index contributed by atoms with van der Waals surface area (Å²) in [4.78, 5) is 3.43. The first kappa shape index (κ1) is 17.8. The van der Waals surface area contributed by atoms with Crippen molar-refractivity contribution in [3.05, 3.63) is 78.4 Å². The third-order valence-corrected chi connectivity index (χ3v) is 5.28. The Kier molecular flexibility index (Phi) is 5.51. The lowest BCUT2D eigenvalue weighted by Crippen LogP contribution is -2.23. The van der Waals surface area contributed by atoms with Crippen molar-refractivity contribution in [2.75, 3.05) is 25.0 Å². The Morgan fingerprint density at radius 2 is 1.67 bits per heavy atom. The summed E-state index contributed by atoms with van der Waals surface area (Å²) in [6, 6.07) is 24.1. The number of ether oxygens (including phenoxy) is 2. The van der Waals surface area contributed by atoms with E-state index in [2.05, 4.69) is 40.9 Å². The molecule has 0 atom stereocenters. The van der Waals surface area contributed by atoms with Crippen molar-refractivity contribution in [3.63, 3.8) is 0 Å². The second kappa shape index (κ2) is 8.37. The smallest absolute Gasteiger partial charge is 0.128 e. The third-order valence-electron chi connectivity index (χ3n) is 4.38. The SMILES string of the molecule is CN1CCNSc2cc(Oc3ccc(OCc4ccccc4)cc3)ccc21. The Bertz CT molecular complexity index is 885. The van der Waals surface area contributed by atoms with Gasteiger partial charge in [0.15, 0.2) is 0 Å². The molecule has 1 heterocycles. The standard InChI is InChI=1S/C22H22N2O2S/c1-24-14-13-23-27-22-15-20(11-12-21(22)24)26-19-9-7-18(8-10-19)25-16-17-5-3-2-4-6-17/h2-12,15,23H,13-14,16H2,1H3. The van der Waals surface area contributed by atoms with Gasteiger partial charge in [-0.2, -0.15) is 0 Å². The van der Waals surface area contributed by atoms with Gasteiger partial charge in [-0.05, 0) is 60.0 Å². The van der Waals surface area contributed by atoms with E-state index in [4.69, 9.17) is 9.47 Å². The van der Waals surface area contributed by atoms with Gasteiger partial charge in [-0.15, -0.1) is 0 Å². The predicted octanol–water partition coefficient (Wildman–Crippen LogP) is 5.10. The number of anilines is 1. The second-order valence-corrected chi connectivity index (χ2v) is 7.33. The van der Waals surface area contributed by atoms with Crippen molar-refractivity contribution in [2.45, 2.75) is 11.5 Å². The minimum atomic E-state index is 0.559. The molecule has 0 radical (unpaired) electrons. The van der Waals surface area contributed by atoms with Crippen LogP contribution in [0.3, 0.4) is 0 Å². The molecule has 1 aliphatic rings. The van der Waals surface area contributed by atoms with Crippen molar-refractivity contribution < 1.29 is 9.47 Å². The van der Waals surface area contributed by atoms with Crippen molar-refractivity contribution >= 4 is 17.6 Å². The van der Waals surface area contributed by atoms with Crippen molar-refractivity contribution in [1.82, 2.24) is 4.72 Å². The maximum atomic E-state index is 6.02. The molecule has 0 spiro atoms. The number of benzene rings is 3. The highest BCUT2D eigenvalue weighted by atomic mass is 32.2. The van der Waals surface area contributed by atoms with Gasteiger partial charge in [0, 0.05) is 25.0 Å². The van der Waals surface area contributed by atoms with E-state index in [1.807, 2.05) is 48.5 Å². The maximum absolute atomic E-state index is 6.02. The van der Waals surface area contributed by atoms with Gasteiger partial charge in [-0.3, -0.25) is 4.72 Å². The van der Waals surface area contributed by atoms with E-state index in [-0.39, 0.29) is 0 Å². The van der Waals surface area contributed by atoms with Gasteiger partial charge in [-0.25, -0.2) is 0 Å². The van der Waals surface area contributed by atoms with Crippen LogP contribution < -0.4 is 19.1 Å². The molecule has 3 aromatic carbocycles. The van der Waals surface area contributed by atoms with Crippen LogP contribution in [0.2, 0.25) is 0 Å². The van der Waals surface area contributed by atoms with E-state index in [1.54, 1.807) is 11.9 Å². The van der Waals surface area contributed by atoms with E-state index < -0.39 is 0 Å². The van der Waals surface area contributed by atoms with Crippen LogP contribution in [0.4, 0.5) is 5.69 Å². The van der Waals surface area contributed by atoms with Gasteiger partial charge in [-0.1, -0.05) is 30.3 Å². The molecule has 0 aliphatic carbocycles. The van der Waals surface area contributed by atoms with E-state index in [9.17, 15) is 0 Å². The maximum Gasteiger partial charge on any atom is 0.128 e. The molecular weight excluding hydrogens is 356 g/mol. The summed E-state index contributed by atoms with van der Waals surface area (Å²) >= 11 is 1.65. The van der Waals surface area contributed by atoms with Crippen molar-refractivity contribution in [1.29, 1.82) is 0 Å². The summed E-state index contributed by atoms with van der Waals surface area (Å²) in [7, 11) is 2.11. The normalized spacial score (nSPS) is 13.6. The summed E-state index contributed by atoms with van der Waals surface area (Å²) in [5, 5.41) is 0. The Morgan fingerprint density at radius 1 is 0.926 bits per heavy atom. The van der Waals surface area contributed by atoms with Crippen LogP contribution in [0.15, 0.2) is 77.7 Å². The topological polar surface area (TPSA) is 33.7 Å². The lowest BCUT2D eigenvalue weighted by atomic mass is 10.2. The van der Waals surface area contributed by atoms with Crippen LogP contribution in [0.1, 0.15) is 5.56 Å². The zero-order valence-corrected chi connectivity index (χ0v) is 16.0. The fraction of sp³-hybridized carbons (Fsp3) is 0.182. The third kappa shape index (κ3) is 4.56. The molecule has 5 heteroatoms. The predicted molar refractivity (Wildman–Crippen MR) is 111 cm³/mol. The molecule has 0 aromatic heterocycles. The number of rotatable bonds is 5. The molecular formula is C22H22N2O2S. The number of likely N-dealkylation sites (N-methyl/N-ethyl adjacent to an activating group) is 1. The number of hydrogen-bond donors (Lipinski definition) is 1. The second-order valence-electron chi connectivity index (χ2n) is 6.40.